The van der Waals surface area contributed by atoms with Gasteiger partial charge in [-0.1, -0.05) is 48.5 Å². The normalized spacial score (nSPS) is 19.8. The summed E-state index contributed by atoms with van der Waals surface area (Å²) in [6.45, 7) is 3.81. The van der Waals surface area contributed by atoms with Crippen molar-refractivity contribution in [3.63, 3.8) is 0 Å². The number of hydrogen-bond acceptors (Lipinski definition) is 5. The number of hydrogen-bond donors (Lipinski definition) is 1. The Bertz CT molecular complexity index is 1070. The Morgan fingerprint density at radius 3 is 2.18 bits per heavy atom. The Morgan fingerprint density at radius 2 is 1.50 bits per heavy atom. The Balaban J connectivity index is 1.16. The number of amides is 2. The topological polar surface area (TPSA) is 90.0 Å². The molecule has 2 heterocycles. The minimum atomic E-state index is -3.55. The summed E-state index contributed by atoms with van der Waals surface area (Å²) in [5.41, 5.74) is 1.26. The summed E-state index contributed by atoms with van der Waals surface area (Å²) in [4.78, 5) is 29.2. The SMILES string of the molecule is O=C(CCC(=O)N1CCN(S(=O)(=O)c2ccccc2)CC1)NC1CCN(Cc2ccccc2)C1. The van der Waals surface area contributed by atoms with Gasteiger partial charge in [0.05, 0.1) is 4.90 Å². The van der Waals surface area contributed by atoms with E-state index in [4.69, 9.17) is 0 Å². The van der Waals surface area contributed by atoms with Crippen LogP contribution in [-0.4, -0.2) is 79.6 Å². The predicted octanol–water partition coefficient (Wildman–Crippen LogP) is 1.69. The lowest BCUT2D eigenvalue weighted by Crippen LogP contribution is -2.50. The molecule has 9 heteroatoms. The number of rotatable bonds is 8. The van der Waals surface area contributed by atoms with Gasteiger partial charge in [0.2, 0.25) is 21.8 Å². The van der Waals surface area contributed by atoms with E-state index >= 15 is 0 Å². The van der Waals surface area contributed by atoms with Crippen molar-refractivity contribution in [1.29, 1.82) is 0 Å². The zero-order valence-electron chi connectivity index (χ0n) is 19.3. The maximum Gasteiger partial charge on any atom is 0.243 e. The van der Waals surface area contributed by atoms with Crippen molar-refractivity contribution in [1.82, 2.24) is 19.4 Å². The highest BCUT2D eigenvalue weighted by molar-refractivity contribution is 7.89. The average Bonchev–Trinajstić information content (AvgIpc) is 3.30. The van der Waals surface area contributed by atoms with Crippen LogP contribution in [0.1, 0.15) is 24.8 Å². The van der Waals surface area contributed by atoms with E-state index in [0.717, 1.165) is 26.1 Å². The van der Waals surface area contributed by atoms with Crippen LogP contribution in [0, 0.1) is 0 Å². The van der Waals surface area contributed by atoms with Crippen LogP contribution < -0.4 is 5.32 Å². The zero-order chi connectivity index (χ0) is 24.0. The van der Waals surface area contributed by atoms with Crippen molar-refractivity contribution in [2.45, 2.75) is 36.7 Å². The first-order valence-corrected chi connectivity index (χ1v) is 13.2. The minimum Gasteiger partial charge on any atom is -0.352 e. The van der Waals surface area contributed by atoms with Gasteiger partial charge in [0.15, 0.2) is 0 Å². The van der Waals surface area contributed by atoms with E-state index < -0.39 is 10.0 Å². The third-order valence-corrected chi connectivity index (χ3v) is 8.34. The highest BCUT2D eigenvalue weighted by Crippen LogP contribution is 2.18. The molecular weight excluding hydrogens is 452 g/mol. The minimum absolute atomic E-state index is 0.106. The van der Waals surface area contributed by atoms with Crippen LogP contribution in [-0.2, 0) is 26.2 Å². The Morgan fingerprint density at radius 1 is 0.853 bits per heavy atom. The fourth-order valence-corrected chi connectivity index (χ4v) is 5.98. The van der Waals surface area contributed by atoms with Crippen LogP contribution in [0.2, 0.25) is 0 Å². The summed E-state index contributed by atoms with van der Waals surface area (Å²) in [5, 5.41) is 3.06. The first kappa shape index (κ1) is 24.4. The molecule has 2 aromatic carbocycles. The van der Waals surface area contributed by atoms with Gasteiger partial charge in [-0.05, 0) is 24.1 Å². The first-order chi connectivity index (χ1) is 16.4. The summed E-state index contributed by atoms with van der Waals surface area (Å²) in [5.74, 6) is -0.214. The van der Waals surface area contributed by atoms with Crippen LogP contribution in [0.15, 0.2) is 65.6 Å². The summed E-state index contributed by atoms with van der Waals surface area (Å²) in [6.07, 6.45) is 1.19. The van der Waals surface area contributed by atoms with E-state index in [1.807, 2.05) is 18.2 Å². The van der Waals surface area contributed by atoms with Crippen LogP contribution in [0.3, 0.4) is 0 Å². The summed E-state index contributed by atoms with van der Waals surface area (Å²) in [6, 6.07) is 18.7. The Labute approximate surface area is 201 Å². The molecule has 1 atom stereocenters. The second kappa shape index (κ2) is 11.1. The Hall–Kier alpha value is -2.75. The number of piperazine rings is 1. The van der Waals surface area contributed by atoms with E-state index in [1.165, 1.54) is 9.87 Å². The molecule has 2 fully saturated rings. The molecular formula is C25H32N4O4S. The summed E-state index contributed by atoms with van der Waals surface area (Å²) >= 11 is 0. The summed E-state index contributed by atoms with van der Waals surface area (Å²) in [7, 11) is -3.55. The lowest BCUT2D eigenvalue weighted by Gasteiger charge is -2.34. The van der Waals surface area contributed by atoms with Crippen molar-refractivity contribution in [2.75, 3.05) is 39.3 Å². The predicted molar refractivity (Wildman–Crippen MR) is 129 cm³/mol. The molecule has 1 unspecified atom stereocenters. The van der Waals surface area contributed by atoms with E-state index in [0.29, 0.717) is 13.1 Å². The maximum atomic E-state index is 12.7. The van der Waals surface area contributed by atoms with Crippen LogP contribution in [0.25, 0.3) is 0 Å². The van der Waals surface area contributed by atoms with Gasteiger partial charge in [-0.3, -0.25) is 14.5 Å². The molecule has 2 aliphatic heterocycles. The Kier molecular flexibility index (Phi) is 7.97. The van der Waals surface area contributed by atoms with E-state index in [9.17, 15) is 18.0 Å². The monoisotopic (exact) mass is 484 g/mol. The van der Waals surface area contributed by atoms with Gasteiger partial charge < -0.3 is 10.2 Å². The number of likely N-dealkylation sites (tertiary alicyclic amines) is 1. The van der Waals surface area contributed by atoms with Crippen molar-refractivity contribution in [3.05, 3.63) is 66.2 Å². The highest BCUT2D eigenvalue weighted by atomic mass is 32.2. The van der Waals surface area contributed by atoms with Crippen molar-refractivity contribution in [2.24, 2.45) is 0 Å². The van der Waals surface area contributed by atoms with Gasteiger partial charge in [-0.15, -0.1) is 0 Å². The molecule has 0 bridgehead atoms. The highest BCUT2D eigenvalue weighted by Gasteiger charge is 2.30. The van der Waals surface area contributed by atoms with Crippen LogP contribution in [0.5, 0.6) is 0 Å². The zero-order valence-corrected chi connectivity index (χ0v) is 20.1. The molecule has 2 aromatic rings. The molecule has 34 heavy (non-hydrogen) atoms. The number of sulfonamides is 1. The number of carbonyl (C=O) groups excluding carboxylic acids is 2. The first-order valence-electron chi connectivity index (χ1n) is 11.8. The van der Waals surface area contributed by atoms with Crippen molar-refractivity contribution in [3.8, 4) is 0 Å². The molecule has 182 valence electrons. The van der Waals surface area contributed by atoms with Crippen molar-refractivity contribution >= 4 is 21.8 Å². The molecule has 4 rings (SSSR count). The average molecular weight is 485 g/mol. The fraction of sp³-hybridized carbons (Fsp3) is 0.440. The van der Waals surface area contributed by atoms with Gasteiger partial charge in [0.25, 0.3) is 0 Å². The number of nitrogens with one attached hydrogen (secondary N) is 1. The largest absolute Gasteiger partial charge is 0.352 e. The molecule has 0 spiro atoms. The maximum absolute atomic E-state index is 12.7. The molecule has 0 aliphatic carbocycles. The smallest absolute Gasteiger partial charge is 0.243 e. The lowest BCUT2D eigenvalue weighted by molar-refractivity contribution is -0.134. The molecule has 2 amide bonds. The fourth-order valence-electron chi connectivity index (χ4n) is 4.53. The quantitative estimate of drug-likeness (QED) is 0.616. The van der Waals surface area contributed by atoms with Crippen LogP contribution in [0.4, 0.5) is 0 Å². The van der Waals surface area contributed by atoms with E-state index in [-0.39, 0.29) is 48.7 Å². The lowest BCUT2D eigenvalue weighted by atomic mass is 10.2. The molecule has 1 N–H and O–H groups in total. The number of nitrogens with zero attached hydrogens (tertiary/aromatic N) is 3. The molecule has 0 saturated carbocycles. The second-order valence-corrected chi connectivity index (χ2v) is 10.8. The van der Waals surface area contributed by atoms with E-state index in [1.54, 1.807) is 35.2 Å². The number of benzene rings is 2. The van der Waals surface area contributed by atoms with Gasteiger partial charge >= 0.3 is 0 Å². The molecule has 2 aliphatic rings. The molecule has 0 radical (unpaired) electrons. The third kappa shape index (κ3) is 6.22. The molecule has 8 nitrogen and oxygen atoms in total. The van der Waals surface area contributed by atoms with Gasteiger partial charge in [0.1, 0.15) is 0 Å². The van der Waals surface area contributed by atoms with Gasteiger partial charge in [-0.2, -0.15) is 4.31 Å². The second-order valence-electron chi connectivity index (χ2n) is 8.87. The van der Waals surface area contributed by atoms with Gasteiger partial charge in [0, 0.05) is 64.7 Å². The van der Waals surface area contributed by atoms with E-state index in [2.05, 4.69) is 22.3 Å². The molecule has 2 saturated heterocycles. The van der Waals surface area contributed by atoms with Crippen LogP contribution >= 0.6 is 0 Å². The standard InChI is InChI=1S/C25H32N4O4S/c30-24(26-22-13-14-27(20-22)19-21-7-3-1-4-8-21)11-12-25(31)28-15-17-29(18-16-28)34(32,33)23-9-5-2-6-10-23/h1-10,22H,11-20H2,(H,26,30). The summed E-state index contributed by atoms with van der Waals surface area (Å²) < 4.78 is 26.9. The van der Waals surface area contributed by atoms with Crippen molar-refractivity contribution < 1.29 is 18.0 Å². The van der Waals surface area contributed by atoms with Gasteiger partial charge in [-0.25, -0.2) is 8.42 Å². The third-order valence-electron chi connectivity index (χ3n) is 6.42. The number of carbonyl (C=O) groups is 2. The molecule has 0 aromatic heterocycles.